The Morgan fingerprint density at radius 1 is 1.19 bits per heavy atom. The summed E-state index contributed by atoms with van der Waals surface area (Å²) in [5.74, 6) is -0.996. The van der Waals surface area contributed by atoms with Crippen molar-refractivity contribution in [2.24, 2.45) is 11.8 Å². The molecule has 142 valence electrons. The Hall–Kier alpha value is -2.08. The van der Waals surface area contributed by atoms with Crippen molar-refractivity contribution in [3.63, 3.8) is 0 Å². The molecule has 6 heteroatoms. The Bertz CT molecular complexity index is 654. The molecule has 0 spiro atoms. The maximum Gasteiger partial charge on any atom is 0.412 e. The van der Waals surface area contributed by atoms with Crippen LogP contribution in [0.1, 0.15) is 45.6 Å². The first kappa shape index (κ1) is 18.7. The van der Waals surface area contributed by atoms with E-state index in [2.05, 4.69) is 0 Å². The first-order chi connectivity index (χ1) is 12.3. The van der Waals surface area contributed by atoms with Crippen molar-refractivity contribution in [1.82, 2.24) is 4.90 Å². The first-order valence-corrected chi connectivity index (χ1v) is 9.16. The Labute approximate surface area is 154 Å². The van der Waals surface area contributed by atoms with Crippen molar-refractivity contribution < 1.29 is 24.2 Å². The molecule has 2 fully saturated rings. The van der Waals surface area contributed by atoms with Crippen LogP contribution in [0, 0.1) is 11.8 Å². The number of aliphatic hydroxyl groups excluding tert-OH is 1. The quantitative estimate of drug-likeness (QED) is 0.837. The summed E-state index contributed by atoms with van der Waals surface area (Å²) >= 11 is 0. The Morgan fingerprint density at radius 2 is 1.88 bits per heavy atom. The molecule has 0 radical (unpaired) electrons. The van der Waals surface area contributed by atoms with Gasteiger partial charge in [0, 0.05) is 12.0 Å². The van der Waals surface area contributed by atoms with Gasteiger partial charge in [0.2, 0.25) is 0 Å². The first-order valence-electron chi connectivity index (χ1n) is 9.16. The van der Waals surface area contributed by atoms with Gasteiger partial charge >= 0.3 is 12.1 Å². The van der Waals surface area contributed by atoms with Gasteiger partial charge in [-0.15, -0.1) is 0 Å². The fourth-order valence-corrected chi connectivity index (χ4v) is 3.89. The number of amides is 1. The lowest BCUT2D eigenvalue weighted by molar-refractivity contribution is -0.154. The summed E-state index contributed by atoms with van der Waals surface area (Å²) in [6.07, 6.45) is 0.352. The van der Waals surface area contributed by atoms with Crippen LogP contribution in [0.4, 0.5) is 4.79 Å². The van der Waals surface area contributed by atoms with Crippen LogP contribution in [-0.2, 0) is 20.9 Å². The van der Waals surface area contributed by atoms with E-state index in [1.54, 1.807) is 20.8 Å². The molecule has 0 aromatic heterocycles. The van der Waals surface area contributed by atoms with Crippen molar-refractivity contribution >= 4 is 12.1 Å². The minimum absolute atomic E-state index is 0.0805. The fourth-order valence-electron chi connectivity index (χ4n) is 3.89. The monoisotopic (exact) mass is 361 g/mol. The summed E-state index contributed by atoms with van der Waals surface area (Å²) in [5, 5.41) is 10.6. The third-order valence-corrected chi connectivity index (χ3v) is 5.06. The number of hydrogen-bond donors (Lipinski definition) is 1. The van der Waals surface area contributed by atoms with E-state index >= 15 is 0 Å². The molecule has 26 heavy (non-hydrogen) atoms. The summed E-state index contributed by atoms with van der Waals surface area (Å²) in [6.45, 7) is 5.61. The number of esters is 1. The van der Waals surface area contributed by atoms with Crippen LogP contribution in [0.3, 0.4) is 0 Å². The zero-order valence-corrected chi connectivity index (χ0v) is 15.6. The van der Waals surface area contributed by atoms with Crippen LogP contribution in [0.2, 0.25) is 0 Å². The summed E-state index contributed by atoms with van der Waals surface area (Å²) in [5.41, 5.74) is 0.304. The number of ether oxygens (including phenoxy) is 2. The minimum atomic E-state index is -1.01. The zero-order chi connectivity index (χ0) is 18.9. The highest BCUT2D eigenvalue weighted by molar-refractivity contribution is 5.74. The van der Waals surface area contributed by atoms with Gasteiger partial charge in [-0.2, -0.15) is 0 Å². The van der Waals surface area contributed by atoms with Gasteiger partial charge in [0.05, 0.1) is 5.92 Å². The molecular weight excluding hydrogens is 334 g/mol. The number of aliphatic hydroxyl groups is 1. The van der Waals surface area contributed by atoms with E-state index in [0.717, 1.165) is 5.56 Å². The van der Waals surface area contributed by atoms with Crippen molar-refractivity contribution in [2.45, 2.75) is 64.5 Å². The molecule has 4 atom stereocenters. The van der Waals surface area contributed by atoms with Gasteiger partial charge in [-0.3, -0.25) is 9.69 Å². The molecule has 2 bridgehead atoms. The predicted molar refractivity (Wildman–Crippen MR) is 94.9 cm³/mol. The number of fused-ring (bicyclic) bond motifs is 2. The van der Waals surface area contributed by atoms with Crippen LogP contribution >= 0.6 is 0 Å². The van der Waals surface area contributed by atoms with Gasteiger partial charge < -0.3 is 14.6 Å². The largest absolute Gasteiger partial charge is 0.461 e. The molecule has 1 unspecified atom stereocenters. The summed E-state index contributed by atoms with van der Waals surface area (Å²) in [4.78, 5) is 26.4. The SMILES string of the molecule is CC(C)(C)OC(=O)N1C(O)[C@@H]2C[C@H]1CC[C@@H]2C(=O)OCc1ccccc1. The Balaban J connectivity index is 1.62. The van der Waals surface area contributed by atoms with E-state index < -0.39 is 23.8 Å². The number of hydrogen-bond acceptors (Lipinski definition) is 5. The molecule has 1 heterocycles. The van der Waals surface area contributed by atoms with E-state index in [4.69, 9.17) is 9.47 Å². The molecule has 1 aromatic rings. The number of nitrogens with zero attached hydrogens (tertiary/aromatic N) is 1. The number of benzene rings is 1. The molecule has 1 aromatic carbocycles. The van der Waals surface area contributed by atoms with E-state index in [1.165, 1.54) is 4.90 Å². The second-order valence-corrected chi connectivity index (χ2v) is 8.13. The average Bonchev–Trinajstić information content (AvgIpc) is 2.83. The fraction of sp³-hybridized carbons (Fsp3) is 0.600. The normalized spacial score (nSPS) is 27.9. The summed E-state index contributed by atoms with van der Waals surface area (Å²) in [6, 6.07) is 9.43. The molecular formula is C20H27NO5. The molecule has 1 N–H and O–H groups in total. The third-order valence-electron chi connectivity index (χ3n) is 5.06. The van der Waals surface area contributed by atoms with Gasteiger partial charge in [-0.25, -0.2) is 4.79 Å². The van der Waals surface area contributed by atoms with Gasteiger partial charge in [0.25, 0.3) is 0 Å². The van der Waals surface area contributed by atoms with Crippen LogP contribution < -0.4 is 0 Å². The number of carbonyl (C=O) groups is 2. The lowest BCUT2D eigenvalue weighted by Crippen LogP contribution is -2.44. The van der Waals surface area contributed by atoms with Gasteiger partial charge in [-0.05, 0) is 45.6 Å². The Kier molecular flexibility index (Phi) is 5.23. The second-order valence-electron chi connectivity index (χ2n) is 8.13. The zero-order valence-electron chi connectivity index (χ0n) is 15.6. The van der Waals surface area contributed by atoms with Crippen molar-refractivity contribution in [1.29, 1.82) is 0 Å². The van der Waals surface area contributed by atoms with Crippen LogP contribution in [-0.4, -0.2) is 39.9 Å². The van der Waals surface area contributed by atoms with E-state index in [-0.39, 0.29) is 24.5 Å². The van der Waals surface area contributed by atoms with Gasteiger partial charge in [-0.1, -0.05) is 30.3 Å². The molecule has 3 rings (SSSR count). The highest BCUT2D eigenvalue weighted by Gasteiger charge is 2.52. The number of likely N-dealkylation sites (tertiary alicyclic amines) is 1. The summed E-state index contributed by atoms with van der Waals surface area (Å²) < 4.78 is 10.9. The van der Waals surface area contributed by atoms with Gasteiger partial charge in [0.15, 0.2) is 0 Å². The van der Waals surface area contributed by atoms with Crippen molar-refractivity contribution in [3.05, 3.63) is 35.9 Å². The smallest absolute Gasteiger partial charge is 0.412 e. The molecule has 1 saturated carbocycles. The topological polar surface area (TPSA) is 76.1 Å². The standard InChI is InChI=1S/C20H27NO5/c1-20(2,3)26-19(24)21-14-9-10-15(16(11-14)17(21)22)18(23)25-12-13-7-5-4-6-8-13/h4-8,14-17,22H,9-12H2,1-3H3/t14-,15+,16-,17?/m1/s1. The molecule has 1 saturated heterocycles. The van der Waals surface area contributed by atoms with Crippen LogP contribution in [0.5, 0.6) is 0 Å². The number of rotatable bonds is 3. The average molecular weight is 361 g/mol. The minimum Gasteiger partial charge on any atom is -0.461 e. The van der Waals surface area contributed by atoms with E-state index in [0.29, 0.717) is 19.3 Å². The van der Waals surface area contributed by atoms with Crippen LogP contribution in [0.25, 0.3) is 0 Å². The Morgan fingerprint density at radius 3 is 2.54 bits per heavy atom. The third kappa shape index (κ3) is 4.01. The predicted octanol–water partition coefficient (Wildman–Crippen LogP) is 3.08. The highest BCUT2D eigenvalue weighted by atomic mass is 16.6. The van der Waals surface area contributed by atoms with E-state index in [9.17, 15) is 14.7 Å². The van der Waals surface area contributed by atoms with Crippen LogP contribution in [0.15, 0.2) is 30.3 Å². The van der Waals surface area contributed by atoms with E-state index in [1.807, 2.05) is 30.3 Å². The van der Waals surface area contributed by atoms with Crippen molar-refractivity contribution in [3.8, 4) is 0 Å². The molecule has 2 aliphatic rings. The molecule has 1 aliphatic heterocycles. The maximum atomic E-state index is 12.5. The van der Waals surface area contributed by atoms with Crippen molar-refractivity contribution in [2.75, 3.05) is 0 Å². The lowest BCUT2D eigenvalue weighted by Gasteiger charge is -2.29. The molecule has 6 nitrogen and oxygen atoms in total. The molecule has 1 aliphatic carbocycles. The number of carbonyl (C=O) groups excluding carboxylic acids is 2. The second kappa shape index (κ2) is 7.27. The van der Waals surface area contributed by atoms with Gasteiger partial charge in [0.1, 0.15) is 18.4 Å². The maximum absolute atomic E-state index is 12.5. The highest BCUT2D eigenvalue weighted by Crippen LogP contribution is 2.44. The lowest BCUT2D eigenvalue weighted by atomic mass is 9.79. The summed E-state index contributed by atoms with van der Waals surface area (Å²) in [7, 11) is 0. The molecule has 1 amide bonds.